The molecule has 0 saturated carbocycles. The number of hydrogen-bond acceptors (Lipinski definition) is 2. The molecule has 0 unspecified atom stereocenters. The van der Waals surface area contributed by atoms with Gasteiger partial charge >= 0.3 is 0 Å². The maximum Gasteiger partial charge on any atom is 0.205 e. The summed E-state index contributed by atoms with van der Waals surface area (Å²) in [6, 6.07) is 6.93. The van der Waals surface area contributed by atoms with E-state index in [0.717, 1.165) is 12.1 Å². The lowest BCUT2D eigenvalue weighted by Crippen LogP contribution is -1.94. The molecule has 0 aliphatic rings. The van der Waals surface area contributed by atoms with E-state index in [1.54, 1.807) is 18.2 Å². The van der Waals surface area contributed by atoms with Gasteiger partial charge in [0.1, 0.15) is 11.3 Å². The number of halogens is 5. The van der Waals surface area contributed by atoms with Crippen LogP contribution in [-0.2, 0) is 0 Å². The van der Waals surface area contributed by atoms with Gasteiger partial charge in [0.05, 0.1) is 21.2 Å². The summed E-state index contributed by atoms with van der Waals surface area (Å²) in [7, 11) is 0. The van der Waals surface area contributed by atoms with E-state index in [1.165, 1.54) is 0 Å². The number of hydrogen-bond donors (Lipinski definition) is 2. The Morgan fingerprint density at radius 2 is 1.76 bits per heavy atom. The lowest BCUT2D eigenvalue weighted by Gasteiger charge is -2.06. The van der Waals surface area contributed by atoms with Crippen molar-refractivity contribution in [2.24, 2.45) is 0 Å². The molecule has 8 heteroatoms. The normalized spacial score (nSPS) is 10.5. The summed E-state index contributed by atoms with van der Waals surface area (Å²) in [5.74, 6) is -1.20. The van der Waals surface area contributed by atoms with E-state index < -0.39 is 11.6 Å². The van der Waals surface area contributed by atoms with Gasteiger partial charge in [-0.2, -0.15) is 0 Å². The van der Waals surface area contributed by atoms with Gasteiger partial charge in [0.25, 0.3) is 0 Å². The summed E-state index contributed by atoms with van der Waals surface area (Å²) in [6.07, 6.45) is 0. The number of anilines is 2. The second-order valence-corrected chi connectivity index (χ2v) is 4.91. The minimum atomic E-state index is -0.741. The number of H-pyrrole nitrogens is 1. The highest BCUT2D eigenvalue weighted by molar-refractivity contribution is 6.39. The van der Waals surface area contributed by atoms with Crippen molar-refractivity contribution < 1.29 is 8.78 Å². The van der Waals surface area contributed by atoms with Crippen LogP contribution in [0.4, 0.5) is 20.4 Å². The summed E-state index contributed by atoms with van der Waals surface area (Å²) in [6.45, 7) is 0. The number of aromatic amines is 1. The van der Waals surface area contributed by atoms with Crippen LogP contribution in [0.1, 0.15) is 0 Å². The van der Waals surface area contributed by atoms with Crippen molar-refractivity contribution in [3.8, 4) is 0 Å². The van der Waals surface area contributed by atoms with Crippen molar-refractivity contribution in [1.29, 1.82) is 0 Å². The minimum Gasteiger partial charge on any atom is -0.324 e. The van der Waals surface area contributed by atoms with E-state index in [0.29, 0.717) is 15.7 Å². The fraction of sp³-hybridized carbons (Fsp3) is 0. The van der Waals surface area contributed by atoms with Crippen molar-refractivity contribution in [3.05, 3.63) is 52.0 Å². The number of aromatic nitrogens is 2. The van der Waals surface area contributed by atoms with Gasteiger partial charge in [-0.1, -0.05) is 29.3 Å². The van der Waals surface area contributed by atoms with Gasteiger partial charge in [-0.3, -0.25) is 0 Å². The summed E-state index contributed by atoms with van der Waals surface area (Å²) in [4.78, 5) is 6.77. The van der Waals surface area contributed by atoms with Gasteiger partial charge in [0.2, 0.25) is 5.95 Å². The fourth-order valence-corrected chi connectivity index (χ4v) is 2.33. The number of fused-ring (bicyclic) bond motifs is 1. The standard InChI is InChI=1S/C13H7Cl2F2N3.ClH/c14-7-2-1-3-8(15)11(7)19-13-18-10-5-6(16)4-9(17)12(10)20-13;/h1-5H,(H2,18,19,20);1H. The van der Waals surface area contributed by atoms with E-state index >= 15 is 0 Å². The third-order valence-electron chi connectivity index (χ3n) is 2.71. The molecule has 2 aromatic carbocycles. The Bertz CT molecular complexity index is 784. The first-order valence-electron chi connectivity index (χ1n) is 5.60. The largest absolute Gasteiger partial charge is 0.324 e. The highest BCUT2D eigenvalue weighted by Crippen LogP contribution is 2.32. The molecule has 0 fully saturated rings. The molecule has 3 aromatic rings. The molecule has 0 aliphatic heterocycles. The first-order valence-corrected chi connectivity index (χ1v) is 6.36. The molecule has 21 heavy (non-hydrogen) atoms. The summed E-state index contributed by atoms with van der Waals surface area (Å²) in [5.41, 5.74) is 0.723. The Balaban J connectivity index is 0.00000161. The van der Waals surface area contributed by atoms with Gasteiger partial charge < -0.3 is 10.3 Å². The van der Waals surface area contributed by atoms with Crippen LogP contribution >= 0.6 is 35.6 Å². The molecule has 0 radical (unpaired) electrons. The van der Waals surface area contributed by atoms with E-state index in [1.807, 2.05) is 0 Å². The second kappa shape index (κ2) is 6.05. The predicted molar refractivity (Wildman–Crippen MR) is 83.0 cm³/mol. The van der Waals surface area contributed by atoms with Crippen LogP contribution in [0.15, 0.2) is 30.3 Å². The van der Waals surface area contributed by atoms with Crippen LogP contribution < -0.4 is 5.32 Å². The van der Waals surface area contributed by atoms with Gasteiger partial charge in [-0.25, -0.2) is 13.8 Å². The summed E-state index contributed by atoms with van der Waals surface area (Å²) < 4.78 is 26.7. The first kappa shape index (κ1) is 15.8. The van der Waals surface area contributed by atoms with Gasteiger partial charge in [0.15, 0.2) is 5.82 Å². The fourth-order valence-electron chi connectivity index (χ4n) is 1.84. The van der Waals surface area contributed by atoms with E-state index in [4.69, 9.17) is 23.2 Å². The Morgan fingerprint density at radius 3 is 2.43 bits per heavy atom. The molecule has 0 amide bonds. The van der Waals surface area contributed by atoms with Gasteiger partial charge in [0, 0.05) is 6.07 Å². The predicted octanol–water partition coefficient (Wildman–Crippen LogP) is 5.31. The molecular formula is C13H8Cl3F2N3. The smallest absolute Gasteiger partial charge is 0.205 e. The molecule has 0 spiro atoms. The number of para-hydroxylation sites is 1. The molecule has 0 saturated heterocycles. The Morgan fingerprint density at radius 1 is 1.10 bits per heavy atom. The zero-order chi connectivity index (χ0) is 14.3. The number of benzene rings is 2. The third-order valence-corrected chi connectivity index (χ3v) is 3.34. The molecule has 0 atom stereocenters. The van der Waals surface area contributed by atoms with E-state index in [9.17, 15) is 8.78 Å². The van der Waals surface area contributed by atoms with E-state index in [-0.39, 0.29) is 29.4 Å². The van der Waals surface area contributed by atoms with Crippen LogP contribution in [0, 0.1) is 11.6 Å². The minimum absolute atomic E-state index is 0. The summed E-state index contributed by atoms with van der Waals surface area (Å²) in [5, 5.41) is 3.64. The lowest BCUT2D eigenvalue weighted by molar-refractivity contribution is 0.591. The summed E-state index contributed by atoms with van der Waals surface area (Å²) >= 11 is 12.0. The monoisotopic (exact) mass is 349 g/mol. The Labute approximate surface area is 134 Å². The second-order valence-electron chi connectivity index (χ2n) is 4.09. The zero-order valence-corrected chi connectivity index (χ0v) is 12.6. The highest BCUT2D eigenvalue weighted by Gasteiger charge is 2.12. The average Bonchev–Trinajstić information content (AvgIpc) is 2.77. The quantitative estimate of drug-likeness (QED) is 0.657. The number of nitrogens with zero attached hydrogens (tertiary/aromatic N) is 1. The van der Waals surface area contributed by atoms with Crippen molar-refractivity contribution in [3.63, 3.8) is 0 Å². The highest BCUT2D eigenvalue weighted by atomic mass is 35.5. The number of imidazole rings is 1. The van der Waals surface area contributed by atoms with Crippen molar-refractivity contribution in [1.82, 2.24) is 9.97 Å². The molecule has 110 valence electrons. The SMILES string of the molecule is Cl.Fc1cc(F)c2nc(Nc3c(Cl)cccc3Cl)[nH]c2c1. The van der Waals surface area contributed by atoms with Crippen molar-refractivity contribution >= 4 is 58.3 Å². The third kappa shape index (κ3) is 3.05. The first-order chi connectivity index (χ1) is 9.54. The van der Waals surface area contributed by atoms with Crippen LogP contribution in [0.3, 0.4) is 0 Å². The van der Waals surface area contributed by atoms with Crippen LogP contribution in [-0.4, -0.2) is 9.97 Å². The lowest BCUT2D eigenvalue weighted by atomic mass is 10.3. The maximum atomic E-state index is 13.6. The maximum absolute atomic E-state index is 13.6. The molecule has 1 aromatic heterocycles. The van der Waals surface area contributed by atoms with Gasteiger partial charge in [-0.15, -0.1) is 12.4 Å². The average molecular weight is 351 g/mol. The van der Waals surface area contributed by atoms with Crippen molar-refractivity contribution in [2.45, 2.75) is 0 Å². The Kier molecular flexibility index (Phi) is 4.56. The Hall–Kier alpha value is -1.56. The van der Waals surface area contributed by atoms with Gasteiger partial charge in [-0.05, 0) is 18.2 Å². The van der Waals surface area contributed by atoms with E-state index in [2.05, 4.69) is 15.3 Å². The molecule has 3 nitrogen and oxygen atoms in total. The van der Waals surface area contributed by atoms with Crippen LogP contribution in [0.2, 0.25) is 10.0 Å². The molecular weight excluding hydrogens is 343 g/mol. The molecule has 2 N–H and O–H groups in total. The van der Waals surface area contributed by atoms with Crippen molar-refractivity contribution in [2.75, 3.05) is 5.32 Å². The number of rotatable bonds is 2. The topological polar surface area (TPSA) is 40.7 Å². The molecule has 0 aliphatic carbocycles. The van der Waals surface area contributed by atoms with Crippen LogP contribution in [0.25, 0.3) is 11.0 Å². The molecule has 1 heterocycles. The molecule has 3 rings (SSSR count). The van der Waals surface area contributed by atoms with Crippen LogP contribution in [0.5, 0.6) is 0 Å². The zero-order valence-electron chi connectivity index (χ0n) is 10.3. The molecule has 0 bridgehead atoms. The number of nitrogens with one attached hydrogen (secondary N) is 2.